The van der Waals surface area contributed by atoms with Crippen LogP contribution in [0.5, 0.6) is 5.75 Å². The first-order valence-electron chi connectivity index (χ1n) is 6.58. The van der Waals surface area contributed by atoms with Crippen molar-refractivity contribution in [2.75, 3.05) is 12.4 Å². The van der Waals surface area contributed by atoms with Crippen LogP contribution in [0.15, 0.2) is 48.7 Å². The van der Waals surface area contributed by atoms with Crippen LogP contribution in [0.1, 0.15) is 11.4 Å². The molecule has 2 heterocycles. The highest BCUT2D eigenvalue weighted by atomic mass is 16.5. The molecule has 20 heavy (non-hydrogen) atoms. The van der Waals surface area contributed by atoms with E-state index in [4.69, 9.17) is 4.74 Å². The molecule has 0 bridgehead atoms. The van der Waals surface area contributed by atoms with Gasteiger partial charge in [0.25, 0.3) is 0 Å². The van der Waals surface area contributed by atoms with Crippen LogP contribution in [-0.2, 0) is 6.54 Å². The number of pyridine rings is 1. The average Bonchev–Trinajstić information content (AvgIpc) is 2.90. The maximum absolute atomic E-state index is 5.14. The molecule has 2 aromatic heterocycles. The number of nitrogens with zero attached hydrogens (tertiary/aromatic N) is 2. The second-order valence-corrected chi connectivity index (χ2v) is 4.71. The van der Waals surface area contributed by atoms with Gasteiger partial charge in [-0.25, -0.2) is 4.98 Å². The van der Waals surface area contributed by atoms with Gasteiger partial charge in [-0.05, 0) is 43.3 Å². The van der Waals surface area contributed by atoms with E-state index in [2.05, 4.69) is 33.9 Å². The standard InChI is InChI=1S/C16H17N3O/c1-12-4-3-5-16-18-14(11-19(12)16)10-17-13-6-8-15(20-2)9-7-13/h3-9,11,17H,10H2,1-2H3. The Balaban J connectivity index is 1.74. The number of rotatable bonds is 4. The second kappa shape index (κ2) is 5.25. The van der Waals surface area contributed by atoms with Crippen molar-refractivity contribution in [2.24, 2.45) is 0 Å². The lowest BCUT2D eigenvalue weighted by atomic mass is 10.3. The lowest BCUT2D eigenvalue weighted by Crippen LogP contribution is -1.99. The molecule has 0 spiro atoms. The number of anilines is 1. The molecule has 0 amide bonds. The van der Waals surface area contributed by atoms with Crippen molar-refractivity contribution >= 4 is 11.3 Å². The zero-order chi connectivity index (χ0) is 13.9. The number of imidazole rings is 1. The Morgan fingerprint density at radius 2 is 1.95 bits per heavy atom. The van der Waals surface area contributed by atoms with Gasteiger partial charge in [-0.1, -0.05) is 6.07 Å². The molecule has 0 aliphatic carbocycles. The fourth-order valence-corrected chi connectivity index (χ4v) is 2.19. The SMILES string of the molecule is COc1ccc(NCc2cn3c(C)cccc3n2)cc1. The third-order valence-electron chi connectivity index (χ3n) is 3.31. The minimum Gasteiger partial charge on any atom is -0.497 e. The lowest BCUT2D eigenvalue weighted by molar-refractivity contribution is 0.415. The molecule has 3 rings (SSSR count). The molecule has 0 saturated carbocycles. The van der Waals surface area contributed by atoms with Crippen LogP contribution < -0.4 is 10.1 Å². The fraction of sp³-hybridized carbons (Fsp3) is 0.188. The summed E-state index contributed by atoms with van der Waals surface area (Å²) in [6.07, 6.45) is 2.07. The predicted molar refractivity (Wildman–Crippen MR) is 80.2 cm³/mol. The normalized spacial score (nSPS) is 10.7. The number of fused-ring (bicyclic) bond motifs is 1. The van der Waals surface area contributed by atoms with E-state index >= 15 is 0 Å². The first-order valence-corrected chi connectivity index (χ1v) is 6.58. The lowest BCUT2D eigenvalue weighted by Gasteiger charge is -2.05. The first-order chi connectivity index (χ1) is 9.76. The molecule has 0 aliphatic heterocycles. The number of hydrogen-bond acceptors (Lipinski definition) is 3. The molecule has 0 saturated heterocycles. The van der Waals surface area contributed by atoms with Gasteiger partial charge in [0.2, 0.25) is 0 Å². The molecule has 0 unspecified atom stereocenters. The third kappa shape index (κ3) is 2.45. The summed E-state index contributed by atoms with van der Waals surface area (Å²) in [5.74, 6) is 0.860. The summed E-state index contributed by atoms with van der Waals surface area (Å²) in [6.45, 7) is 2.78. The van der Waals surface area contributed by atoms with E-state index in [0.29, 0.717) is 6.54 Å². The summed E-state index contributed by atoms with van der Waals surface area (Å²) in [5, 5.41) is 3.36. The molecule has 0 radical (unpaired) electrons. The summed E-state index contributed by atoms with van der Waals surface area (Å²) >= 11 is 0. The van der Waals surface area contributed by atoms with Gasteiger partial charge in [0.1, 0.15) is 11.4 Å². The Morgan fingerprint density at radius 3 is 2.65 bits per heavy atom. The van der Waals surface area contributed by atoms with E-state index in [1.807, 2.05) is 36.4 Å². The van der Waals surface area contributed by atoms with Gasteiger partial charge in [-0.15, -0.1) is 0 Å². The Labute approximate surface area is 118 Å². The number of aryl methyl sites for hydroxylation is 1. The van der Waals surface area contributed by atoms with Gasteiger partial charge in [0.15, 0.2) is 0 Å². The van der Waals surface area contributed by atoms with Crippen LogP contribution in [0.2, 0.25) is 0 Å². The molecule has 1 N–H and O–H groups in total. The van der Waals surface area contributed by atoms with Crippen LogP contribution in [0, 0.1) is 6.92 Å². The van der Waals surface area contributed by atoms with Crippen molar-refractivity contribution in [3.63, 3.8) is 0 Å². The molecular formula is C16H17N3O. The molecule has 1 aromatic carbocycles. The van der Waals surface area contributed by atoms with Gasteiger partial charge >= 0.3 is 0 Å². The van der Waals surface area contributed by atoms with Crippen molar-refractivity contribution < 1.29 is 4.74 Å². The smallest absolute Gasteiger partial charge is 0.137 e. The van der Waals surface area contributed by atoms with Gasteiger partial charge in [-0.3, -0.25) is 0 Å². The fourth-order valence-electron chi connectivity index (χ4n) is 2.19. The number of aromatic nitrogens is 2. The second-order valence-electron chi connectivity index (χ2n) is 4.71. The summed E-state index contributed by atoms with van der Waals surface area (Å²) in [4.78, 5) is 4.60. The number of nitrogens with one attached hydrogen (secondary N) is 1. The molecular weight excluding hydrogens is 250 g/mol. The maximum atomic E-state index is 5.14. The average molecular weight is 267 g/mol. The van der Waals surface area contributed by atoms with Crippen molar-refractivity contribution in [1.29, 1.82) is 0 Å². The molecule has 4 heteroatoms. The highest BCUT2D eigenvalue weighted by Crippen LogP contribution is 2.16. The number of methoxy groups -OCH3 is 1. The van der Waals surface area contributed by atoms with Crippen LogP contribution >= 0.6 is 0 Å². The molecule has 4 nitrogen and oxygen atoms in total. The zero-order valence-corrected chi connectivity index (χ0v) is 11.6. The van der Waals surface area contributed by atoms with Crippen molar-refractivity contribution in [3.8, 4) is 5.75 Å². The number of ether oxygens (including phenoxy) is 1. The van der Waals surface area contributed by atoms with Crippen LogP contribution in [0.25, 0.3) is 5.65 Å². The van der Waals surface area contributed by atoms with Crippen LogP contribution in [0.4, 0.5) is 5.69 Å². The Morgan fingerprint density at radius 1 is 1.15 bits per heavy atom. The van der Waals surface area contributed by atoms with Crippen molar-refractivity contribution in [3.05, 3.63) is 60.0 Å². The van der Waals surface area contributed by atoms with E-state index in [0.717, 1.165) is 22.8 Å². The summed E-state index contributed by atoms with van der Waals surface area (Å²) in [5.41, 5.74) is 4.25. The van der Waals surface area contributed by atoms with Gasteiger partial charge < -0.3 is 14.5 Å². The number of hydrogen-bond donors (Lipinski definition) is 1. The summed E-state index contributed by atoms with van der Waals surface area (Å²) in [6, 6.07) is 14.0. The Kier molecular flexibility index (Phi) is 3.29. The largest absolute Gasteiger partial charge is 0.497 e. The van der Waals surface area contributed by atoms with Crippen LogP contribution in [-0.4, -0.2) is 16.5 Å². The quantitative estimate of drug-likeness (QED) is 0.788. The van der Waals surface area contributed by atoms with Crippen molar-refractivity contribution in [2.45, 2.75) is 13.5 Å². The van der Waals surface area contributed by atoms with E-state index in [1.165, 1.54) is 5.69 Å². The Hall–Kier alpha value is -2.49. The van der Waals surface area contributed by atoms with Crippen LogP contribution in [0.3, 0.4) is 0 Å². The number of benzene rings is 1. The molecule has 0 aliphatic rings. The van der Waals surface area contributed by atoms with Gasteiger partial charge in [0.05, 0.1) is 19.3 Å². The van der Waals surface area contributed by atoms with Gasteiger partial charge in [0, 0.05) is 17.6 Å². The molecule has 0 fully saturated rings. The highest BCUT2D eigenvalue weighted by Gasteiger charge is 2.03. The summed E-state index contributed by atoms with van der Waals surface area (Å²) < 4.78 is 7.24. The maximum Gasteiger partial charge on any atom is 0.137 e. The van der Waals surface area contributed by atoms with E-state index in [9.17, 15) is 0 Å². The first kappa shape index (κ1) is 12.5. The minimum atomic E-state index is 0.702. The highest BCUT2D eigenvalue weighted by molar-refractivity contribution is 5.47. The molecule has 102 valence electrons. The Bertz CT molecular complexity index is 716. The molecule has 0 atom stereocenters. The third-order valence-corrected chi connectivity index (χ3v) is 3.31. The topological polar surface area (TPSA) is 38.6 Å². The van der Waals surface area contributed by atoms with E-state index in [1.54, 1.807) is 7.11 Å². The van der Waals surface area contributed by atoms with E-state index in [-0.39, 0.29) is 0 Å². The van der Waals surface area contributed by atoms with Crippen molar-refractivity contribution in [1.82, 2.24) is 9.38 Å². The monoisotopic (exact) mass is 267 g/mol. The predicted octanol–water partition coefficient (Wildman–Crippen LogP) is 3.26. The van der Waals surface area contributed by atoms with Gasteiger partial charge in [-0.2, -0.15) is 0 Å². The minimum absolute atomic E-state index is 0.702. The zero-order valence-electron chi connectivity index (χ0n) is 11.6. The van der Waals surface area contributed by atoms with E-state index < -0.39 is 0 Å². The molecule has 3 aromatic rings. The summed E-state index contributed by atoms with van der Waals surface area (Å²) in [7, 11) is 1.67.